The molecule has 128 valence electrons. The highest BCUT2D eigenvalue weighted by atomic mass is 16.6. The van der Waals surface area contributed by atoms with E-state index in [0.717, 1.165) is 6.07 Å². The number of nitrogens with zero attached hydrogens (tertiary/aromatic N) is 2. The van der Waals surface area contributed by atoms with Gasteiger partial charge < -0.3 is 9.47 Å². The topological polar surface area (TPSA) is 120 Å². The van der Waals surface area contributed by atoms with Gasteiger partial charge in [-0.05, 0) is 23.8 Å². The van der Waals surface area contributed by atoms with Crippen molar-refractivity contribution in [1.29, 1.82) is 0 Å². The molecular weight excluding hydrogens is 330 g/mol. The van der Waals surface area contributed by atoms with Crippen LogP contribution in [0.25, 0.3) is 0 Å². The number of esters is 1. The minimum absolute atomic E-state index is 0.0561. The number of non-ortho nitro benzene ring substituents is 1. The lowest BCUT2D eigenvalue weighted by Gasteiger charge is -2.05. The van der Waals surface area contributed by atoms with Crippen LogP contribution in [0.15, 0.2) is 53.6 Å². The van der Waals surface area contributed by atoms with Crippen molar-refractivity contribution in [3.63, 3.8) is 0 Å². The minimum Gasteiger partial charge on any atom is -0.452 e. The Balaban J connectivity index is 2.08. The summed E-state index contributed by atoms with van der Waals surface area (Å²) in [5.41, 5.74) is 2.53. The average Bonchev–Trinajstić information content (AvgIpc) is 2.62. The van der Waals surface area contributed by atoms with Gasteiger partial charge in [0, 0.05) is 12.1 Å². The van der Waals surface area contributed by atoms with Gasteiger partial charge in [-0.2, -0.15) is 5.10 Å². The van der Waals surface area contributed by atoms with Crippen LogP contribution >= 0.6 is 0 Å². The predicted octanol–water partition coefficient (Wildman–Crippen LogP) is 2.50. The molecule has 2 rings (SSSR count). The molecule has 25 heavy (non-hydrogen) atoms. The minimum atomic E-state index is -0.731. The molecule has 0 aliphatic heterocycles. The van der Waals surface area contributed by atoms with Crippen LogP contribution in [0, 0.1) is 10.1 Å². The first kappa shape index (κ1) is 17.6. The Morgan fingerprint density at radius 1 is 1.20 bits per heavy atom. The number of methoxy groups -OCH3 is 1. The quantitative estimate of drug-likeness (QED) is 0.293. The first-order chi connectivity index (χ1) is 12.0. The zero-order valence-electron chi connectivity index (χ0n) is 13.0. The lowest BCUT2D eigenvalue weighted by atomic mass is 10.2. The van der Waals surface area contributed by atoms with Gasteiger partial charge in [0.15, 0.2) is 0 Å². The normalized spacial score (nSPS) is 10.3. The van der Waals surface area contributed by atoms with E-state index < -0.39 is 17.0 Å². The fraction of sp³-hybridized carbons (Fsp3) is 0.0625. The molecule has 0 bridgehead atoms. The van der Waals surface area contributed by atoms with Gasteiger partial charge in [0.05, 0.1) is 23.8 Å². The van der Waals surface area contributed by atoms with Crippen molar-refractivity contribution in [3.05, 3.63) is 69.8 Å². The number of nitrogens with one attached hydrogen (secondary N) is 1. The molecule has 9 heteroatoms. The van der Waals surface area contributed by atoms with Crippen molar-refractivity contribution in [2.45, 2.75) is 0 Å². The molecule has 1 N–H and O–H groups in total. The van der Waals surface area contributed by atoms with Crippen LogP contribution in [-0.2, 0) is 4.74 Å². The second kappa shape index (κ2) is 8.20. The van der Waals surface area contributed by atoms with E-state index in [4.69, 9.17) is 4.74 Å². The van der Waals surface area contributed by atoms with Crippen LogP contribution in [0.3, 0.4) is 0 Å². The number of ether oxygens (including phenoxy) is 2. The molecule has 0 aromatic heterocycles. The molecule has 0 radical (unpaired) electrons. The fourth-order valence-corrected chi connectivity index (χ4v) is 1.78. The predicted molar refractivity (Wildman–Crippen MR) is 87.6 cm³/mol. The highest BCUT2D eigenvalue weighted by Crippen LogP contribution is 2.17. The van der Waals surface area contributed by atoms with Gasteiger partial charge >= 0.3 is 12.1 Å². The number of benzene rings is 2. The molecule has 0 saturated carbocycles. The van der Waals surface area contributed by atoms with Crippen molar-refractivity contribution in [2.24, 2.45) is 5.10 Å². The monoisotopic (exact) mass is 343 g/mol. The van der Waals surface area contributed by atoms with Crippen molar-refractivity contribution in [1.82, 2.24) is 5.43 Å². The second-order valence-corrected chi connectivity index (χ2v) is 4.63. The third-order valence-corrected chi connectivity index (χ3v) is 2.92. The molecule has 2 aromatic rings. The van der Waals surface area contributed by atoms with E-state index >= 15 is 0 Å². The van der Waals surface area contributed by atoms with Gasteiger partial charge in [0.25, 0.3) is 5.69 Å². The molecule has 1 amide bonds. The number of hydrogen-bond acceptors (Lipinski definition) is 7. The Bertz CT molecular complexity index is 834. The number of carbonyl (C=O) groups excluding carboxylic acids is 2. The SMILES string of the molecule is COC(=O)N/N=C\c1cccc(OC(=O)c2cccc([N+](=O)[O-])c2)c1. The number of hydrogen-bond donors (Lipinski definition) is 1. The first-order valence-corrected chi connectivity index (χ1v) is 6.93. The molecule has 2 aromatic carbocycles. The van der Waals surface area contributed by atoms with E-state index in [0.29, 0.717) is 5.56 Å². The van der Waals surface area contributed by atoms with E-state index in [9.17, 15) is 19.7 Å². The Morgan fingerprint density at radius 3 is 2.68 bits per heavy atom. The van der Waals surface area contributed by atoms with Crippen molar-refractivity contribution < 1.29 is 24.0 Å². The van der Waals surface area contributed by atoms with Gasteiger partial charge in [0.1, 0.15) is 5.75 Å². The van der Waals surface area contributed by atoms with Gasteiger partial charge in [0.2, 0.25) is 0 Å². The van der Waals surface area contributed by atoms with Gasteiger partial charge in [-0.1, -0.05) is 18.2 Å². The third-order valence-electron chi connectivity index (χ3n) is 2.92. The maximum Gasteiger partial charge on any atom is 0.427 e. The third kappa shape index (κ3) is 5.13. The van der Waals surface area contributed by atoms with Crippen LogP contribution in [0.1, 0.15) is 15.9 Å². The summed E-state index contributed by atoms with van der Waals surface area (Å²) in [6.45, 7) is 0. The largest absolute Gasteiger partial charge is 0.452 e. The summed E-state index contributed by atoms with van der Waals surface area (Å²) in [4.78, 5) is 33.1. The van der Waals surface area contributed by atoms with Crippen LogP contribution in [-0.4, -0.2) is 30.3 Å². The number of nitro benzene ring substituents is 1. The molecule has 0 aliphatic carbocycles. The van der Waals surface area contributed by atoms with Crippen LogP contribution in [0.4, 0.5) is 10.5 Å². The zero-order chi connectivity index (χ0) is 18.2. The summed E-state index contributed by atoms with van der Waals surface area (Å²) in [6.07, 6.45) is 0.617. The van der Waals surface area contributed by atoms with Crippen molar-refractivity contribution in [3.8, 4) is 5.75 Å². The summed E-state index contributed by atoms with van der Waals surface area (Å²) in [6, 6.07) is 11.6. The standard InChI is InChI=1S/C16H13N3O6/c1-24-16(21)18-17-10-11-4-2-7-14(8-11)25-15(20)12-5-3-6-13(9-12)19(22)23/h2-10H,1H3,(H,18,21)/b17-10-. The summed E-state index contributed by atoms with van der Waals surface area (Å²) < 4.78 is 9.55. The van der Waals surface area contributed by atoms with Crippen LogP contribution in [0.2, 0.25) is 0 Å². The smallest absolute Gasteiger partial charge is 0.427 e. The lowest BCUT2D eigenvalue weighted by molar-refractivity contribution is -0.384. The number of carbonyl (C=O) groups is 2. The van der Waals surface area contributed by atoms with Crippen molar-refractivity contribution >= 4 is 24.0 Å². The Hall–Kier alpha value is -3.75. The maximum atomic E-state index is 12.1. The van der Waals surface area contributed by atoms with Crippen LogP contribution < -0.4 is 10.2 Å². The molecule has 0 aliphatic rings. The molecule has 0 fully saturated rings. The molecule has 0 saturated heterocycles. The van der Waals surface area contributed by atoms with E-state index in [1.165, 1.54) is 37.6 Å². The van der Waals surface area contributed by atoms with E-state index in [2.05, 4.69) is 15.3 Å². The summed E-state index contributed by atoms with van der Waals surface area (Å²) >= 11 is 0. The summed E-state index contributed by atoms with van der Waals surface area (Å²) in [7, 11) is 1.21. The Kier molecular flexibility index (Phi) is 5.77. The summed E-state index contributed by atoms with van der Waals surface area (Å²) in [5.74, 6) is -0.510. The van der Waals surface area contributed by atoms with Crippen molar-refractivity contribution in [2.75, 3.05) is 7.11 Å². The lowest BCUT2D eigenvalue weighted by Crippen LogP contribution is -2.16. The number of rotatable bonds is 5. The highest BCUT2D eigenvalue weighted by Gasteiger charge is 2.13. The zero-order valence-corrected chi connectivity index (χ0v) is 13.0. The first-order valence-electron chi connectivity index (χ1n) is 6.93. The number of amides is 1. The average molecular weight is 343 g/mol. The van der Waals surface area contributed by atoms with E-state index in [1.807, 2.05) is 0 Å². The van der Waals surface area contributed by atoms with Crippen LogP contribution in [0.5, 0.6) is 5.75 Å². The van der Waals surface area contributed by atoms with E-state index in [-0.39, 0.29) is 17.0 Å². The molecule has 9 nitrogen and oxygen atoms in total. The van der Waals surface area contributed by atoms with Gasteiger partial charge in [-0.25, -0.2) is 15.0 Å². The molecular formula is C16H13N3O6. The number of hydrazone groups is 1. The van der Waals surface area contributed by atoms with Gasteiger partial charge in [-0.3, -0.25) is 10.1 Å². The maximum absolute atomic E-state index is 12.1. The highest BCUT2D eigenvalue weighted by molar-refractivity contribution is 5.92. The second-order valence-electron chi connectivity index (χ2n) is 4.63. The Labute approximate surface area is 142 Å². The molecule has 0 atom stereocenters. The Morgan fingerprint density at radius 2 is 1.96 bits per heavy atom. The summed E-state index contributed by atoms with van der Waals surface area (Å²) in [5, 5.41) is 14.4. The van der Waals surface area contributed by atoms with Gasteiger partial charge in [-0.15, -0.1) is 0 Å². The van der Waals surface area contributed by atoms with E-state index in [1.54, 1.807) is 18.2 Å². The number of nitro groups is 1. The molecule has 0 unspecified atom stereocenters. The molecule has 0 heterocycles. The molecule has 0 spiro atoms. The fourth-order valence-electron chi connectivity index (χ4n) is 1.78.